The zero-order valence-corrected chi connectivity index (χ0v) is 12.0. The van der Waals surface area contributed by atoms with Gasteiger partial charge in [-0.05, 0) is 24.3 Å². The molecule has 0 saturated heterocycles. The lowest BCUT2D eigenvalue weighted by Gasteiger charge is -2.11. The summed E-state index contributed by atoms with van der Waals surface area (Å²) in [6, 6.07) is 7.19. The molecule has 1 aromatic rings. The van der Waals surface area contributed by atoms with Gasteiger partial charge in [-0.15, -0.1) is 12.4 Å². The van der Waals surface area contributed by atoms with Crippen LogP contribution in [-0.4, -0.2) is 32.8 Å². The van der Waals surface area contributed by atoms with E-state index in [4.69, 9.17) is 15.2 Å². The highest BCUT2D eigenvalue weighted by atomic mass is 35.5. The number of carbonyl (C=O) groups is 1. The number of hydrogen-bond acceptors (Lipinski definition) is 4. The number of nitrogens with one attached hydrogen (secondary N) is 1. The average Bonchev–Trinajstić information content (AvgIpc) is 2.38. The summed E-state index contributed by atoms with van der Waals surface area (Å²) in [7, 11) is 1.58. The summed E-state index contributed by atoms with van der Waals surface area (Å²) in [6.45, 7) is 3.19. The molecule has 3 N–H and O–H groups in total. The van der Waals surface area contributed by atoms with Crippen LogP contribution < -0.4 is 15.8 Å². The minimum atomic E-state index is -0.178. The Morgan fingerprint density at radius 1 is 1.37 bits per heavy atom. The second-order valence-electron chi connectivity index (χ2n) is 4.01. The molecule has 0 radical (unpaired) electrons. The summed E-state index contributed by atoms with van der Waals surface area (Å²) in [6.07, 6.45) is 0. The van der Waals surface area contributed by atoms with Crippen molar-refractivity contribution >= 4 is 24.0 Å². The van der Waals surface area contributed by atoms with E-state index in [1.807, 2.05) is 6.92 Å². The predicted molar refractivity (Wildman–Crippen MR) is 77.9 cm³/mol. The third-order valence-electron chi connectivity index (χ3n) is 2.37. The fourth-order valence-corrected chi connectivity index (χ4v) is 1.40. The Morgan fingerprint density at radius 3 is 2.53 bits per heavy atom. The first-order chi connectivity index (χ1) is 8.67. The maximum Gasteiger partial charge on any atom is 0.229 e. The molecule has 5 nitrogen and oxygen atoms in total. The minimum Gasteiger partial charge on any atom is -0.492 e. The lowest BCUT2D eigenvalue weighted by molar-refractivity contribution is -0.120. The number of anilines is 1. The van der Waals surface area contributed by atoms with Crippen LogP contribution in [0.25, 0.3) is 0 Å². The number of ether oxygens (including phenoxy) is 2. The molecular formula is C13H21ClN2O3. The second-order valence-corrected chi connectivity index (χ2v) is 4.01. The van der Waals surface area contributed by atoms with Gasteiger partial charge in [-0.25, -0.2) is 0 Å². The lowest BCUT2D eigenvalue weighted by atomic mass is 10.2. The summed E-state index contributed by atoms with van der Waals surface area (Å²) in [5, 5.41) is 2.81. The molecular weight excluding hydrogens is 268 g/mol. The van der Waals surface area contributed by atoms with Crippen LogP contribution >= 0.6 is 12.4 Å². The summed E-state index contributed by atoms with van der Waals surface area (Å²) < 4.78 is 10.3. The normalized spacial score (nSPS) is 11.3. The van der Waals surface area contributed by atoms with E-state index in [2.05, 4.69) is 5.32 Å². The van der Waals surface area contributed by atoms with Crippen molar-refractivity contribution < 1.29 is 14.3 Å². The molecule has 0 saturated carbocycles. The summed E-state index contributed by atoms with van der Waals surface area (Å²) >= 11 is 0. The highest BCUT2D eigenvalue weighted by molar-refractivity contribution is 5.92. The van der Waals surface area contributed by atoms with Crippen molar-refractivity contribution in [2.45, 2.75) is 6.92 Å². The topological polar surface area (TPSA) is 73.6 Å². The summed E-state index contributed by atoms with van der Waals surface area (Å²) in [4.78, 5) is 11.7. The number of rotatable bonds is 7. The number of methoxy groups -OCH3 is 1. The van der Waals surface area contributed by atoms with E-state index >= 15 is 0 Å². The van der Waals surface area contributed by atoms with Crippen LogP contribution in [0.2, 0.25) is 0 Å². The first kappa shape index (κ1) is 17.7. The molecule has 1 rings (SSSR count). The smallest absolute Gasteiger partial charge is 0.229 e. The van der Waals surface area contributed by atoms with Crippen molar-refractivity contribution in [2.75, 3.05) is 32.2 Å². The first-order valence-electron chi connectivity index (χ1n) is 5.90. The highest BCUT2D eigenvalue weighted by Gasteiger charge is 2.12. The van der Waals surface area contributed by atoms with Crippen molar-refractivity contribution in [3.63, 3.8) is 0 Å². The Hall–Kier alpha value is -1.30. The van der Waals surface area contributed by atoms with Crippen LogP contribution in [0.15, 0.2) is 24.3 Å². The van der Waals surface area contributed by atoms with Gasteiger partial charge in [-0.2, -0.15) is 0 Å². The van der Waals surface area contributed by atoms with Gasteiger partial charge in [-0.3, -0.25) is 4.79 Å². The van der Waals surface area contributed by atoms with Gasteiger partial charge in [0.1, 0.15) is 12.4 Å². The molecule has 0 aliphatic rings. The molecule has 108 valence electrons. The summed E-state index contributed by atoms with van der Waals surface area (Å²) in [5.41, 5.74) is 6.08. The van der Waals surface area contributed by atoms with E-state index in [0.717, 1.165) is 11.4 Å². The fourth-order valence-electron chi connectivity index (χ4n) is 1.40. The van der Waals surface area contributed by atoms with E-state index in [1.54, 1.807) is 31.4 Å². The maximum absolute atomic E-state index is 11.7. The molecule has 1 unspecified atom stereocenters. The van der Waals surface area contributed by atoms with Crippen LogP contribution in [0.3, 0.4) is 0 Å². The molecule has 0 bridgehead atoms. The molecule has 1 amide bonds. The molecule has 0 spiro atoms. The quantitative estimate of drug-likeness (QED) is 0.800. The third-order valence-corrected chi connectivity index (χ3v) is 2.37. The SMILES string of the molecule is COCC(C)C(=O)Nc1ccc(OCCN)cc1.Cl. The predicted octanol–water partition coefficient (Wildman–Crippen LogP) is 1.67. The zero-order chi connectivity index (χ0) is 13.4. The molecule has 0 aromatic heterocycles. The number of benzene rings is 1. The molecule has 1 aromatic carbocycles. The lowest BCUT2D eigenvalue weighted by Crippen LogP contribution is -2.23. The Morgan fingerprint density at radius 2 is 2.00 bits per heavy atom. The standard InChI is InChI=1S/C13H20N2O3.ClH/c1-10(9-17-2)13(16)15-11-3-5-12(6-4-11)18-8-7-14;/h3-6,10H,7-9,14H2,1-2H3,(H,15,16);1H. The van der Waals surface area contributed by atoms with Crippen molar-refractivity contribution in [1.82, 2.24) is 0 Å². The number of nitrogens with two attached hydrogens (primary N) is 1. The largest absolute Gasteiger partial charge is 0.492 e. The van der Waals surface area contributed by atoms with E-state index in [0.29, 0.717) is 19.8 Å². The Balaban J connectivity index is 0.00000324. The van der Waals surface area contributed by atoms with Gasteiger partial charge in [0.15, 0.2) is 0 Å². The van der Waals surface area contributed by atoms with E-state index in [1.165, 1.54) is 0 Å². The Labute approximate surface area is 119 Å². The fraction of sp³-hybridized carbons (Fsp3) is 0.462. The molecule has 0 fully saturated rings. The summed E-state index contributed by atoms with van der Waals surface area (Å²) in [5.74, 6) is 0.499. The van der Waals surface area contributed by atoms with Gasteiger partial charge in [0.05, 0.1) is 12.5 Å². The maximum atomic E-state index is 11.7. The number of carbonyl (C=O) groups excluding carboxylic acids is 1. The van der Waals surface area contributed by atoms with E-state index in [-0.39, 0.29) is 24.2 Å². The monoisotopic (exact) mass is 288 g/mol. The van der Waals surface area contributed by atoms with Crippen LogP contribution in [-0.2, 0) is 9.53 Å². The van der Waals surface area contributed by atoms with Gasteiger partial charge >= 0.3 is 0 Å². The van der Waals surface area contributed by atoms with Crippen molar-refractivity contribution in [1.29, 1.82) is 0 Å². The molecule has 19 heavy (non-hydrogen) atoms. The minimum absolute atomic E-state index is 0. The van der Waals surface area contributed by atoms with Gasteiger partial charge < -0.3 is 20.5 Å². The number of amides is 1. The van der Waals surface area contributed by atoms with Gasteiger partial charge in [0.2, 0.25) is 5.91 Å². The number of hydrogen-bond donors (Lipinski definition) is 2. The Kier molecular flexibility index (Phi) is 8.95. The molecule has 0 aliphatic carbocycles. The van der Waals surface area contributed by atoms with Crippen LogP contribution in [0, 0.1) is 5.92 Å². The first-order valence-corrected chi connectivity index (χ1v) is 5.90. The van der Waals surface area contributed by atoms with E-state index in [9.17, 15) is 4.79 Å². The van der Waals surface area contributed by atoms with Crippen molar-refractivity contribution in [2.24, 2.45) is 11.7 Å². The molecule has 1 atom stereocenters. The molecule has 6 heteroatoms. The van der Waals surface area contributed by atoms with Crippen LogP contribution in [0.4, 0.5) is 5.69 Å². The van der Waals surface area contributed by atoms with Crippen molar-refractivity contribution in [3.8, 4) is 5.75 Å². The zero-order valence-electron chi connectivity index (χ0n) is 11.2. The molecule has 0 heterocycles. The van der Waals surface area contributed by atoms with Gasteiger partial charge in [0.25, 0.3) is 0 Å². The van der Waals surface area contributed by atoms with Gasteiger partial charge in [0, 0.05) is 19.3 Å². The third kappa shape index (κ3) is 6.42. The Bertz CT molecular complexity index is 371. The molecule has 0 aliphatic heterocycles. The number of halogens is 1. The van der Waals surface area contributed by atoms with Crippen LogP contribution in [0.1, 0.15) is 6.92 Å². The highest BCUT2D eigenvalue weighted by Crippen LogP contribution is 2.16. The van der Waals surface area contributed by atoms with Crippen molar-refractivity contribution in [3.05, 3.63) is 24.3 Å². The van der Waals surface area contributed by atoms with E-state index < -0.39 is 0 Å². The van der Waals surface area contributed by atoms with Crippen LogP contribution in [0.5, 0.6) is 5.75 Å². The van der Waals surface area contributed by atoms with Gasteiger partial charge in [-0.1, -0.05) is 6.92 Å². The second kappa shape index (κ2) is 9.61. The average molecular weight is 289 g/mol.